The van der Waals surface area contributed by atoms with Crippen LogP contribution in [0.1, 0.15) is 47.0 Å². The van der Waals surface area contributed by atoms with Crippen LogP contribution in [0.5, 0.6) is 0 Å². The van der Waals surface area contributed by atoms with Crippen molar-refractivity contribution >= 4 is 0 Å². The summed E-state index contributed by atoms with van der Waals surface area (Å²) in [5, 5.41) is 3.45. The second-order valence-corrected chi connectivity index (χ2v) is 4.69. The highest BCUT2D eigenvalue weighted by Gasteiger charge is 2.18. The van der Waals surface area contributed by atoms with Crippen LogP contribution < -0.4 is 5.32 Å². The van der Waals surface area contributed by atoms with Gasteiger partial charge in [0.25, 0.3) is 0 Å². The van der Waals surface area contributed by atoms with E-state index in [9.17, 15) is 0 Å². The van der Waals surface area contributed by atoms with Crippen LogP contribution >= 0.6 is 0 Å². The third-order valence-electron chi connectivity index (χ3n) is 3.75. The summed E-state index contributed by atoms with van der Waals surface area (Å²) in [4.78, 5) is 2.51. The van der Waals surface area contributed by atoms with E-state index < -0.39 is 0 Å². The standard InChI is InChI=1S/C13H30N2/c1-7-11(4)13(14-5)10-15(6)12(8-2)9-3/h11-14H,7-10H2,1-6H3. The third kappa shape index (κ3) is 4.98. The molecule has 0 spiro atoms. The molecule has 15 heavy (non-hydrogen) atoms. The van der Waals surface area contributed by atoms with Crippen LogP contribution in [0.3, 0.4) is 0 Å². The van der Waals surface area contributed by atoms with Crippen LogP contribution in [0.15, 0.2) is 0 Å². The van der Waals surface area contributed by atoms with E-state index in [0.717, 1.165) is 18.5 Å². The smallest absolute Gasteiger partial charge is 0.0217 e. The number of nitrogens with zero attached hydrogens (tertiary/aromatic N) is 1. The molecule has 2 nitrogen and oxygen atoms in total. The molecule has 0 fully saturated rings. The lowest BCUT2D eigenvalue weighted by Gasteiger charge is -2.32. The first-order valence-corrected chi connectivity index (χ1v) is 6.48. The lowest BCUT2D eigenvalue weighted by molar-refractivity contribution is 0.187. The normalized spacial score (nSPS) is 16.0. The molecule has 0 saturated carbocycles. The van der Waals surface area contributed by atoms with Crippen LogP contribution in [0, 0.1) is 5.92 Å². The molecule has 0 aliphatic heterocycles. The molecule has 0 aliphatic carbocycles. The van der Waals surface area contributed by atoms with Crippen LogP contribution in [0.25, 0.3) is 0 Å². The summed E-state index contributed by atoms with van der Waals surface area (Å²) in [6.45, 7) is 10.3. The molecule has 0 aromatic heterocycles. The van der Waals surface area contributed by atoms with Gasteiger partial charge in [-0.15, -0.1) is 0 Å². The average Bonchev–Trinajstić information content (AvgIpc) is 2.26. The predicted molar refractivity (Wildman–Crippen MR) is 69.3 cm³/mol. The van der Waals surface area contributed by atoms with E-state index in [4.69, 9.17) is 0 Å². The second-order valence-electron chi connectivity index (χ2n) is 4.69. The summed E-state index contributed by atoms with van der Waals surface area (Å²) in [6.07, 6.45) is 3.76. The zero-order valence-electron chi connectivity index (χ0n) is 11.5. The van der Waals surface area contributed by atoms with E-state index in [1.54, 1.807) is 0 Å². The number of likely N-dealkylation sites (N-methyl/N-ethyl adjacent to an activating group) is 2. The van der Waals surface area contributed by atoms with Crippen LogP contribution in [0.4, 0.5) is 0 Å². The number of hydrogen-bond acceptors (Lipinski definition) is 2. The first-order valence-electron chi connectivity index (χ1n) is 6.48. The molecule has 0 aromatic carbocycles. The summed E-state index contributed by atoms with van der Waals surface area (Å²) in [5.41, 5.74) is 0. The van der Waals surface area contributed by atoms with Crippen LogP contribution in [-0.2, 0) is 0 Å². The Hall–Kier alpha value is -0.0800. The molecule has 1 N–H and O–H groups in total. The zero-order chi connectivity index (χ0) is 11.8. The monoisotopic (exact) mass is 214 g/mol. The maximum atomic E-state index is 3.45. The van der Waals surface area contributed by atoms with Crippen molar-refractivity contribution < 1.29 is 0 Å². The molecule has 0 radical (unpaired) electrons. The minimum atomic E-state index is 0.626. The highest BCUT2D eigenvalue weighted by molar-refractivity contribution is 4.77. The third-order valence-corrected chi connectivity index (χ3v) is 3.75. The van der Waals surface area contributed by atoms with Gasteiger partial charge >= 0.3 is 0 Å². The Kier molecular flexibility index (Phi) is 8.07. The number of rotatable bonds is 8. The Morgan fingerprint density at radius 1 is 1.07 bits per heavy atom. The van der Waals surface area contributed by atoms with Crippen molar-refractivity contribution in [2.24, 2.45) is 5.92 Å². The van der Waals surface area contributed by atoms with E-state index in [1.165, 1.54) is 19.3 Å². The van der Waals surface area contributed by atoms with Gasteiger partial charge in [-0.05, 0) is 32.9 Å². The summed E-state index contributed by atoms with van der Waals surface area (Å²) < 4.78 is 0. The van der Waals surface area contributed by atoms with Crippen molar-refractivity contribution in [1.29, 1.82) is 0 Å². The molecule has 2 unspecified atom stereocenters. The molecule has 0 bridgehead atoms. The van der Waals surface area contributed by atoms with Crippen molar-refractivity contribution in [2.45, 2.75) is 59.0 Å². The molecule has 0 saturated heterocycles. The lowest BCUT2D eigenvalue weighted by atomic mass is 9.98. The van der Waals surface area contributed by atoms with Crippen LogP contribution in [-0.4, -0.2) is 37.6 Å². The number of hydrogen-bond donors (Lipinski definition) is 1. The molecular formula is C13H30N2. The predicted octanol–water partition coefficient (Wildman–Crippen LogP) is 2.74. The summed E-state index contributed by atoms with van der Waals surface area (Å²) in [6, 6.07) is 1.37. The molecule has 0 rings (SSSR count). The van der Waals surface area contributed by atoms with Gasteiger partial charge in [-0.1, -0.05) is 34.1 Å². The fraction of sp³-hybridized carbons (Fsp3) is 1.00. The van der Waals surface area contributed by atoms with E-state index in [2.05, 4.69) is 52.0 Å². The Balaban J connectivity index is 4.15. The van der Waals surface area contributed by atoms with E-state index in [-0.39, 0.29) is 0 Å². The SMILES string of the molecule is CCC(C)C(CN(C)C(CC)CC)NC. The van der Waals surface area contributed by atoms with Gasteiger partial charge in [0.05, 0.1) is 0 Å². The van der Waals surface area contributed by atoms with E-state index in [0.29, 0.717) is 6.04 Å². The Morgan fingerprint density at radius 3 is 1.93 bits per heavy atom. The highest BCUT2D eigenvalue weighted by Crippen LogP contribution is 2.12. The van der Waals surface area contributed by atoms with Crippen molar-refractivity contribution in [3.63, 3.8) is 0 Å². The molecule has 0 aliphatic rings. The average molecular weight is 214 g/mol. The summed E-state index contributed by atoms with van der Waals surface area (Å²) >= 11 is 0. The van der Waals surface area contributed by atoms with Gasteiger partial charge in [0.2, 0.25) is 0 Å². The molecular weight excluding hydrogens is 184 g/mol. The molecule has 2 heteroatoms. The van der Waals surface area contributed by atoms with Gasteiger partial charge in [-0.2, -0.15) is 0 Å². The molecule has 0 heterocycles. The first-order chi connectivity index (χ1) is 7.10. The summed E-state index contributed by atoms with van der Waals surface area (Å²) in [5.74, 6) is 0.756. The van der Waals surface area contributed by atoms with Gasteiger partial charge in [0.15, 0.2) is 0 Å². The Bertz CT molecular complexity index is 143. The molecule has 92 valence electrons. The van der Waals surface area contributed by atoms with E-state index >= 15 is 0 Å². The lowest BCUT2D eigenvalue weighted by Crippen LogP contribution is -2.45. The fourth-order valence-electron chi connectivity index (χ4n) is 2.21. The quantitative estimate of drug-likeness (QED) is 0.668. The minimum absolute atomic E-state index is 0.626. The van der Waals surface area contributed by atoms with E-state index in [1.807, 2.05) is 0 Å². The second kappa shape index (κ2) is 8.12. The van der Waals surface area contributed by atoms with Crippen molar-refractivity contribution in [3.05, 3.63) is 0 Å². The van der Waals surface area contributed by atoms with Gasteiger partial charge in [-0.25, -0.2) is 0 Å². The van der Waals surface area contributed by atoms with Crippen molar-refractivity contribution in [2.75, 3.05) is 20.6 Å². The Morgan fingerprint density at radius 2 is 1.60 bits per heavy atom. The van der Waals surface area contributed by atoms with Gasteiger partial charge in [0.1, 0.15) is 0 Å². The first kappa shape index (κ1) is 14.9. The van der Waals surface area contributed by atoms with Crippen molar-refractivity contribution in [3.8, 4) is 0 Å². The van der Waals surface area contributed by atoms with Gasteiger partial charge in [-0.3, -0.25) is 0 Å². The largest absolute Gasteiger partial charge is 0.315 e. The maximum Gasteiger partial charge on any atom is 0.0217 e. The summed E-state index contributed by atoms with van der Waals surface area (Å²) in [7, 11) is 4.34. The zero-order valence-corrected chi connectivity index (χ0v) is 11.5. The maximum absolute atomic E-state index is 3.45. The van der Waals surface area contributed by atoms with Gasteiger partial charge < -0.3 is 10.2 Å². The number of nitrogens with one attached hydrogen (secondary N) is 1. The molecule has 0 aromatic rings. The van der Waals surface area contributed by atoms with Crippen LogP contribution in [0.2, 0.25) is 0 Å². The fourth-order valence-corrected chi connectivity index (χ4v) is 2.21. The Labute approximate surface area is 96.4 Å². The van der Waals surface area contributed by atoms with Crippen molar-refractivity contribution in [1.82, 2.24) is 10.2 Å². The molecule has 0 amide bonds. The molecule has 2 atom stereocenters. The minimum Gasteiger partial charge on any atom is -0.315 e. The topological polar surface area (TPSA) is 15.3 Å². The van der Waals surface area contributed by atoms with Gasteiger partial charge in [0, 0.05) is 18.6 Å². The highest BCUT2D eigenvalue weighted by atomic mass is 15.1.